The van der Waals surface area contributed by atoms with Crippen molar-refractivity contribution in [2.45, 2.75) is 26.3 Å². The van der Waals surface area contributed by atoms with E-state index >= 15 is 0 Å². The molecular formula is C25H28ClN3O3. The zero-order valence-corrected chi connectivity index (χ0v) is 19.1. The SMILES string of the molecule is COc1ccc2cc(C(=O)N3CCC(C(C)C(=O)NCc4cccc(Cl)c4)CC3)[nH]c2c1. The third kappa shape index (κ3) is 4.91. The molecule has 2 aromatic carbocycles. The second-order valence-corrected chi connectivity index (χ2v) is 8.84. The molecule has 2 N–H and O–H groups in total. The summed E-state index contributed by atoms with van der Waals surface area (Å²) in [5.41, 5.74) is 2.45. The molecule has 1 aliphatic rings. The van der Waals surface area contributed by atoms with Crippen LogP contribution in [-0.2, 0) is 11.3 Å². The third-order valence-electron chi connectivity index (χ3n) is 6.36. The predicted octanol–water partition coefficient (Wildman–Crippen LogP) is 4.63. The lowest BCUT2D eigenvalue weighted by Crippen LogP contribution is -2.42. The molecule has 32 heavy (non-hydrogen) atoms. The van der Waals surface area contributed by atoms with Crippen LogP contribution in [0, 0.1) is 11.8 Å². The average molecular weight is 454 g/mol. The highest BCUT2D eigenvalue weighted by Crippen LogP contribution is 2.27. The molecule has 0 aliphatic carbocycles. The number of nitrogens with one attached hydrogen (secondary N) is 2. The summed E-state index contributed by atoms with van der Waals surface area (Å²) < 4.78 is 5.26. The lowest BCUT2D eigenvalue weighted by molar-refractivity contribution is -0.126. The Hall–Kier alpha value is -2.99. The summed E-state index contributed by atoms with van der Waals surface area (Å²) in [7, 11) is 1.62. The number of H-pyrrole nitrogens is 1. The number of rotatable bonds is 6. The third-order valence-corrected chi connectivity index (χ3v) is 6.60. The number of carbonyl (C=O) groups excluding carboxylic acids is 2. The van der Waals surface area contributed by atoms with Crippen molar-refractivity contribution in [1.82, 2.24) is 15.2 Å². The van der Waals surface area contributed by atoms with Gasteiger partial charge in [0.05, 0.1) is 7.11 Å². The molecule has 2 amide bonds. The first kappa shape index (κ1) is 22.2. The Bertz CT molecular complexity index is 1120. The zero-order chi connectivity index (χ0) is 22.7. The summed E-state index contributed by atoms with van der Waals surface area (Å²) in [6.45, 7) is 3.73. The van der Waals surface area contributed by atoms with E-state index in [2.05, 4.69) is 10.3 Å². The summed E-state index contributed by atoms with van der Waals surface area (Å²) in [5, 5.41) is 4.66. The lowest BCUT2D eigenvalue weighted by atomic mass is 9.84. The molecule has 2 heterocycles. The number of aromatic amines is 1. The molecule has 0 saturated carbocycles. The van der Waals surface area contributed by atoms with Crippen molar-refractivity contribution in [3.8, 4) is 5.75 Å². The van der Waals surface area contributed by atoms with Crippen molar-refractivity contribution in [1.29, 1.82) is 0 Å². The van der Waals surface area contributed by atoms with Crippen molar-refractivity contribution < 1.29 is 14.3 Å². The lowest BCUT2D eigenvalue weighted by Gasteiger charge is -2.34. The first-order chi connectivity index (χ1) is 15.4. The highest BCUT2D eigenvalue weighted by atomic mass is 35.5. The second-order valence-electron chi connectivity index (χ2n) is 8.40. The van der Waals surface area contributed by atoms with E-state index in [0.29, 0.717) is 30.4 Å². The molecule has 1 aliphatic heterocycles. The summed E-state index contributed by atoms with van der Waals surface area (Å²) in [4.78, 5) is 30.7. The van der Waals surface area contributed by atoms with Gasteiger partial charge >= 0.3 is 0 Å². The molecule has 6 nitrogen and oxygen atoms in total. The van der Waals surface area contributed by atoms with E-state index in [4.69, 9.17) is 16.3 Å². The Morgan fingerprint density at radius 1 is 1.19 bits per heavy atom. The minimum absolute atomic E-state index is 0.00308. The van der Waals surface area contributed by atoms with Crippen LogP contribution in [0.2, 0.25) is 5.02 Å². The van der Waals surface area contributed by atoms with Gasteiger partial charge in [-0.3, -0.25) is 9.59 Å². The molecule has 1 unspecified atom stereocenters. The number of nitrogens with zero attached hydrogens (tertiary/aromatic N) is 1. The number of benzene rings is 2. The highest BCUT2D eigenvalue weighted by Gasteiger charge is 2.30. The van der Waals surface area contributed by atoms with Gasteiger partial charge in [-0.05, 0) is 54.7 Å². The smallest absolute Gasteiger partial charge is 0.270 e. The number of fused-ring (bicyclic) bond motifs is 1. The van der Waals surface area contributed by atoms with Crippen molar-refractivity contribution >= 4 is 34.3 Å². The fraction of sp³-hybridized carbons (Fsp3) is 0.360. The van der Waals surface area contributed by atoms with Crippen LogP contribution >= 0.6 is 11.6 Å². The molecule has 3 aromatic rings. The molecule has 1 atom stereocenters. The summed E-state index contributed by atoms with van der Waals surface area (Å²) >= 11 is 6.01. The van der Waals surface area contributed by atoms with Crippen LogP contribution in [-0.4, -0.2) is 41.9 Å². The number of methoxy groups -OCH3 is 1. The Morgan fingerprint density at radius 2 is 1.97 bits per heavy atom. The number of carbonyl (C=O) groups is 2. The summed E-state index contributed by atoms with van der Waals surface area (Å²) in [6, 6.07) is 15.1. The average Bonchev–Trinajstić information content (AvgIpc) is 3.25. The van der Waals surface area contributed by atoms with Gasteiger partial charge in [-0.25, -0.2) is 0 Å². The molecular weight excluding hydrogens is 426 g/mol. The second kappa shape index (κ2) is 9.65. The van der Waals surface area contributed by atoms with E-state index < -0.39 is 0 Å². The fourth-order valence-corrected chi connectivity index (χ4v) is 4.55. The van der Waals surface area contributed by atoms with Crippen LogP contribution < -0.4 is 10.1 Å². The van der Waals surface area contributed by atoms with Gasteiger partial charge in [-0.15, -0.1) is 0 Å². The Balaban J connectivity index is 1.31. The van der Waals surface area contributed by atoms with Gasteiger partial charge in [0, 0.05) is 47.5 Å². The molecule has 1 fully saturated rings. The van der Waals surface area contributed by atoms with Crippen molar-refractivity contribution in [2.24, 2.45) is 11.8 Å². The number of likely N-dealkylation sites (tertiary alicyclic amines) is 1. The Morgan fingerprint density at radius 3 is 2.69 bits per heavy atom. The standard InChI is InChI=1S/C25H28ClN3O3/c1-16(24(30)27-15-17-4-3-5-20(26)12-17)18-8-10-29(11-9-18)25(31)23-13-19-6-7-21(32-2)14-22(19)28-23/h3-7,12-14,16,18,28H,8-11,15H2,1-2H3,(H,27,30). The minimum Gasteiger partial charge on any atom is -0.497 e. The van der Waals surface area contributed by atoms with Crippen LogP contribution in [0.5, 0.6) is 5.75 Å². The number of halogens is 1. The number of amides is 2. The summed E-state index contributed by atoms with van der Waals surface area (Å²) in [6.07, 6.45) is 1.62. The van der Waals surface area contributed by atoms with Crippen LogP contribution in [0.25, 0.3) is 10.9 Å². The molecule has 4 rings (SSSR count). The van der Waals surface area contributed by atoms with Gasteiger partial charge < -0.3 is 19.9 Å². The highest BCUT2D eigenvalue weighted by molar-refractivity contribution is 6.30. The van der Waals surface area contributed by atoms with Crippen LogP contribution in [0.1, 0.15) is 35.8 Å². The van der Waals surface area contributed by atoms with E-state index in [1.807, 2.05) is 60.4 Å². The van der Waals surface area contributed by atoms with Crippen LogP contribution in [0.15, 0.2) is 48.5 Å². The van der Waals surface area contributed by atoms with Gasteiger partial charge in [0.1, 0.15) is 11.4 Å². The van der Waals surface area contributed by atoms with Crippen LogP contribution in [0.4, 0.5) is 0 Å². The van der Waals surface area contributed by atoms with Crippen molar-refractivity contribution in [3.05, 3.63) is 64.8 Å². The molecule has 168 valence electrons. The molecule has 1 aromatic heterocycles. The van der Waals surface area contributed by atoms with Gasteiger partial charge in [-0.1, -0.05) is 30.7 Å². The van der Waals surface area contributed by atoms with Gasteiger partial charge in [-0.2, -0.15) is 0 Å². The fourth-order valence-electron chi connectivity index (χ4n) is 4.33. The number of aromatic nitrogens is 1. The Kier molecular flexibility index (Phi) is 6.70. The summed E-state index contributed by atoms with van der Waals surface area (Å²) in [5.74, 6) is 0.940. The van der Waals surface area contributed by atoms with Gasteiger partial charge in [0.15, 0.2) is 0 Å². The normalized spacial score (nSPS) is 15.5. The van der Waals surface area contributed by atoms with Gasteiger partial charge in [0.2, 0.25) is 5.91 Å². The Labute approximate surface area is 192 Å². The molecule has 0 bridgehead atoms. The number of piperidine rings is 1. The van der Waals surface area contributed by atoms with Crippen molar-refractivity contribution in [2.75, 3.05) is 20.2 Å². The maximum atomic E-state index is 13.0. The van der Waals surface area contributed by atoms with E-state index in [1.165, 1.54) is 0 Å². The number of ether oxygens (including phenoxy) is 1. The molecule has 1 saturated heterocycles. The molecule has 0 radical (unpaired) electrons. The topological polar surface area (TPSA) is 74.4 Å². The first-order valence-corrected chi connectivity index (χ1v) is 11.3. The largest absolute Gasteiger partial charge is 0.497 e. The zero-order valence-electron chi connectivity index (χ0n) is 18.4. The first-order valence-electron chi connectivity index (χ1n) is 10.9. The van der Waals surface area contributed by atoms with Crippen molar-refractivity contribution in [3.63, 3.8) is 0 Å². The van der Waals surface area contributed by atoms with E-state index in [-0.39, 0.29) is 23.7 Å². The van der Waals surface area contributed by atoms with E-state index in [0.717, 1.165) is 35.1 Å². The van der Waals surface area contributed by atoms with E-state index in [1.54, 1.807) is 7.11 Å². The maximum Gasteiger partial charge on any atom is 0.270 e. The number of hydrogen-bond acceptors (Lipinski definition) is 3. The quantitative estimate of drug-likeness (QED) is 0.571. The molecule has 7 heteroatoms. The number of hydrogen-bond donors (Lipinski definition) is 2. The van der Waals surface area contributed by atoms with Gasteiger partial charge in [0.25, 0.3) is 5.91 Å². The predicted molar refractivity (Wildman–Crippen MR) is 126 cm³/mol. The molecule has 0 spiro atoms. The van der Waals surface area contributed by atoms with E-state index in [9.17, 15) is 9.59 Å². The van der Waals surface area contributed by atoms with Crippen LogP contribution in [0.3, 0.4) is 0 Å². The minimum atomic E-state index is -0.105. The monoisotopic (exact) mass is 453 g/mol. The maximum absolute atomic E-state index is 13.0.